The molecule has 0 fully saturated rings. The number of nitriles is 1. The summed E-state index contributed by atoms with van der Waals surface area (Å²) in [4.78, 5) is 0. The molecule has 5 nitrogen and oxygen atoms in total. The standard InChI is InChI=1S/C12H16N2O3S/c1-10(8-15)7-14-18(16,17)9-12-4-2-11(6-13)3-5-12/h2-5,10,14-15H,7-9H2,1H3. The number of aliphatic hydroxyl groups excluding tert-OH is 1. The molecule has 1 rings (SSSR count). The van der Waals surface area contributed by atoms with Crippen LogP contribution in [0.15, 0.2) is 24.3 Å². The number of sulfonamides is 1. The van der Waals surface area contributed by atoms with Crippen LogP contribution < -0.4 is 4.72 Å². The van der Waals surface area contributed by atoms with Crippen molar-refractivity contribution in [3.63, 3.8) is 0 Å². The molecule has 0 heterocycles. The SMILES string of the molecule is CC(CO)CNS(=O)(=O)Cc1ccc(C#N)cc1. The summed E-state index contributed by atoms with van der Waals surface area (Å²) in [6.45, 7) is 1.92. The van der Waals surface area contributed by atoms with Gasteiger partial charge in [0, 0.05) is 13.2 Å². The zero-order valence-electron chi connectivity index (χ0n) is 10.1. The molecule has 0 saturated carbocycles. The lowest BCUT2D eigenvalue weighted by molar-refractivity contribution is 0.238. The first-order valence-corrected chi connectivity index (χ1v) is 7.19. The third-order valence-electron chi connectivity index (χ3n) is 2.40. The highest BCUT2D eigenvalue weighted by molar-refractivity contribution is 7.88. The van der Waals surface area contributed by atoms with Gasteiger partial charge in [0.05, 0.1) is 17.4 Å². The molecule has 0 spiro atoms. The maximum absolute atomic E-state index is 11.7. The third kappa shape index (κ3) is 4.84. The Labute approximate surface area is 107 Å². The zero-order chi connectivity index (χ0) is 13.6. The Kier molecular flexibility index (Phi) is 5.28. The average Bonchev–Trinajstić information content (AvgIpc) is 2.36. The minimum absolute atomic E-state index is 0.0562. The summed E-state index contributed by atoms with van der Waals surface area (Å²) in [6, 6.07) is 8.38. The molecule has 1 aromatic rings. The highest BCUT2D eigenvalue weighted by Gasteiger charge is 2.12. The Morgan fingerprint density at radius 1 is 1.39 bits per heavy atom. The lowest BCUT2D eigenvalue weighted by atomic mass is 10.2. The fourth-order valence-corrected chi connectivity index (χ4v) is 2.55. The van der Waals surface area contributed by atoms with Gasteiger partial charge in [0.2, 0.25) is 10.0 Å². The molecule has 1 unspecified atom stereocenters. The normalized spacial score (nSPS) is 12.9. The topological polar surface area (TPSA) is 90.2 Å². The van der Waals surface area contributed by atoms with Crippen molar-refractivity contribution >= 4 is 10.0 Å². The van der Waals surface area contributed by atoms with E-state index in [4.69, 9.17) is 10.4 Å². The van der Waals surface area contributed by atoms with Crippen LogP contribution in [0, 0.1) is 17.2 Å². The molecule has 2 N–H and O–H groups in total. The lowest BCUT2D eigenvalue weighted by Gasteiger charge is -2.10. The van der Waals surface area contributed by atoms with E-state index in [2.05, 4.69) is 4.72 Å². The van der Waals surface area contributed by atoms with E-state index in [0.29, 0.717) is 11.1 Å². The van der Waals surface area contributed by atoms with E-state index in [0.717, 1.165) is 0 Å². The van der Waals surface area contributed by atoms with Gasteiger partial charge in [-0.1, -0.05) is 19.1 Å². The number of nitrogens with zero attached hydrogens (tertiary/aromatic N) is 1. The van der Waals surface area contributed by atoms with Gasteiger partial charge in [-0.25, -0.2) is 13.1 Å². The van der Waals surface area contributed by atoms with Crippen LogP contribution in [0.2, 0.25) is 0 Å². The molecule has 6 heteroatoms. The van der Waals surface area contributed by atoms with Gasteiger partial charge in [-0.2, -0.15) is 5.26 Å². The van der Waals surface area contributed by atoms with Gasteiger partial charge < -0.3 is 5.11 Å². The van der Waals surface area contributed by atoms with E-state index in [-0.39, 0.29) is 24.8 Å². The second kappa shape index (κ2) is 6.50. The quantitative estimate of drug-likeness (QED) is 0.790. The van der Waals surface area contributed by atoms with Gasteiger partial charge >= 0.3 is 0 Å². The predicted molar refractivity (Wildman–Crippen MR) is 68.0 cm³/mol. The third-order valence-corrected chi connectivity index (χ3v) is 3.72. The summed E-state index contributed by atoms with van der Waals surface area (Å²) < 4.78 is 25.9. The molecule has 1 atom stereocenters. The number of benzene rings is 1. The van der Waals surface area contributed by atoms with Crippen molar-refractivity contribution in [3.05, 3.63) is 35.4 Å². The molecule has 0 aromatic heterocycles. The molecule has 0 radical (unpaired) electrons. The Hall–Kier alpha value is -1.42. The second-order valence-corrected chi connectivity index (χ2v) is 6.01. The van der Waals surface area contributed by atoms with Crippen molar-refractivity contribution in [3.8, 4) is 6.07 Å². The summed E-state index contributed by atoms with van der Waals surface area (Å²) in [7, 11) is -3.40. The number of hydrogen-bond donors (Lipinski definition) is 2. The van der Waals surface area contributed by atoms with Gasteiger partial charge in [0.25, 0.3) is 0 Å². The maximum Gasteiger partial charge on any atom is 0.215 e. The second-order valence-electron chi connectivity index (χ2n) is 4.20. The Morgan fingerprint density at radius 3 is 2.50 bits per heavy atom. The monoisotopic (exact) mass is 268 g/mol. The van der Waals surface area contributed by atoms with Gasteiger partial charge in [-0.3, -0.25) is 0 Å². The first-order chi connectivity index (χ1) is 8.46. The smallest absolute Gasteiger partial charge is 0.215 e. The van der Waals surface area contributed by atoms with Crippen LogP contribution in [0.4, 0.5) is 0 Å². The van der Waals surface area contributed by atoms with Crippen molar-refractivity contribution < 1.29 is 13.5 Å². The number of hydrogen-bond acceptors (Lipinski definition) is 4. The summed E-state index contributed by atoms with van der Waals surface area (Å²) in [5, 5.41) is 17.4. The Balaban J connectivity index is 2.62. The minimum Gasteiger partial charge on any atom is -0.396 e. The van der Waals surface area contributed by atoms with E-state index >= 15 is 0 Å². The first-order valence-electron chi connectivity index (χ1n) is 5.54. The van der Waals surface area contributed by atoms with Gasteiger partial charge in [-0.15, -0.1) is 0 Å². The highest BCUT2D eigenvalue weighted by Crippen LogP contribution is 2.07. The van der Waals surface area contributed by atoms with Crippen molar-refractivity contribution in [1.82, 2.24) is 4.72 Å². The molecule has 0 amide bonds. The molecule has 0 aliphatic heterocycles. The zero-order valence-corrected chi connectivity index (χ0v) is 10.9. The highest BCUT2D eigenvalue weighted by atomic mass is 32.2. The largest absolute Gasteiger partial charge is 0.396 e. The summed E-state index contributed by atoms with van der Waals surface area (Å²) in [5.41, 5.74) is 1.12. The van der Waals surface area contributed by atoms with Crippen molar-refractivity contribution in [1.29, 1.82) is 5.26 Å². The molecule has 0 aliphatic rings. The van der Waals surface area contributed by atoms with Crippen molar-refractivity contribution in [2.75, 3.05) is 13.2 Å². The van der Waals surface area contributed by atoms with Crippen LogP contribution in [0.1, 0.15) is 18.1 Å². The van der Waals surface area contributed by atoms with E-state index in [1.807, 2.05) is 6.07 Å². The molecular weight excluding hydrogens is 252 g/mol. The van der Waals surface area contributed by atoms with E-state index in [1.165, 1.54) is 0 Å². The summed E-state index contributed by atoms with van der Waals surface area (Å²) in [5.74, 6) is -0.239. The van der Waals surface area contributed by atoms with Crippen LogP contribution in [-0.2, 0) is 15.8 Å². The minimum atomic E-state index is -3.40. The fourth-order valence-electron chi connectivity index (χ4n) is 1.28. The van der Waals surface area contributed by atoms with Crippen LogP contribution in [0.25, 0.3) is 0 Å². The molecule has 0 bridgehead atoms. The van der Waals surface area contributed by atoms with Crippen LogP contribution in [0.5, 0.6) is 0 Å². The molecule has 0 saturated heterocycles. The average molecular weight is 268 g/mol. The van der Waals surface area contributed by atoms with Crippen LogP contribution in [0.3, 0.4) is 0 Å². The maximum atomic E-state index is 11.7. The Bertz CT molecular complexity index is 517. The van der Waals surface area contributed by atoms with Crippen molar-refractivity contribution in [2.24, 2.45) is 5.92 Å². The van der Waals surface area contributed by atoms with Gasteiger partial charge in [0.15, 0.2) is 0 Å². The van der Waals surface area contributed by atoms with Crippen LogP contribution in [-0.4, -0.2) is 26.7 Å². The van der Waals surface area contributed by atoms with E-state index in [9.17, 15) is 8.42 Å². The summed E-state index contributed by atoms with van der Waals surface area (Å²) in [6.07, 6.45) is 0. The molecule has 0 aliphatic carbocycles. The molecule has 1 aromatic carbocycles. The number of aliphatic hydroxyl groups is 1. The molecule has 18 heavy (non-hydrogen) atoms. The lowest BCUT2D eigenvalue weighted by Crippen LogP contribution is -2.30. The predicted octanol–water partition coefficient (Wildman–Crippen LogP) is 0.606. The molecule has 98 valence electrons. The van der Waals surface area contributed by atoms with E-state index in [1.54, 1.807) is 31.2 Å². The van der Waals surface area contributed by atoms with E-state index < -0.39 is 10.0 Å². The first kappa shape index (κ1) is 14.6. The number of nitrogens with one attached hydrogen (secondary N) is 1. The summed E-state index contributed by atoms with van der Waals surface area (Å²) >= 11 is 0. The molecular formula is C12H16N2O3S. The van der Waals surface area contributed by atoms with Crippen LogP contribution >= 0.6 is 0 Å². The van der Waals surface area contributed by atoms with Gasteiger partial charge in [0.1, 0.15) is 0 Å². The fraction of sp³-hybridized carbons (Fsp3) is 0.417. The Morgan fingerprint density at radius 2 is 2.00 bits per heavy atom. The number of rotatable bonds is 6. The van der Waals surface area contributed by atoms with Crippen molar-refractivity contribution in [2.45, 2.75) is 12.7 Å². The van der Waals surface area contributed by atoms with Gasteiger partial charge in [-0.05, 0) is 23.6 Å².